The van der Waals surface area contributed by atoms with Crippen molar-refractivity contribution < 1.29 is 56.9 Å². The number of carboxylic acid groups (broad SMARTS) is 1. The number of carbonyl (C=O) groups is 4. The fourth-order valence-corrected chi connectivity index (χ4v) is 4.48. The lowest BCUT2D eigenvalue weighted by Crippen LogP contribution is -2.42. The highest BCUT2D eigenvalue weighted by Crippen LogP contribution is 2.15. The first-order valence-corrected chi connectivity index (χ1v) is 14.7. The molecular weight excluding hydrogens is 632 g/mol. The molecule has 13 nitrogen and oxygen atoms in total. The van der Waals surface area contributed by atoms with Gasteiger partial charge in [-0.05, 0) is 49.7 Å². The van der Waals surface area contributed by atoms with Gasteiger partial charge in [0.2, 0.25) is 5.91 Å². The van der Waals surface area contributed by atoms with Crippen molar-refractivity contribution in [3.05, 3.63) is 58.7 Å². The van der Waals surface area contributed by atoms with Crippen molar-refractivity contribution >= 4 is 49.2 Å². The van der Waals surface area contributed by atoms with E-state index in [0.717, 1.165) is 29.2 Å². The molecule has 2 aromatic carbocycles. The van der Waals surface area contributed by atoms with Crippen LogP contribution in [0, 0.1) is 23.3 Å². The van der Waals surface area contributed by atoms with Gasteiger partial charge in [0, 0.05) is 25.1 Å². The third-order valence-electron chi connectivity index (χ3n) is 7.12. The summed E-state index contributed by atoms with van der Waals surface area (Å²) in [6.07, 6.45) is 2.67. The molecule has 0 bridgehead atoms. The highest BCUT2D eigenvalue weighted by molar-refractivity contribution is 6.58. The van der Waals surface area contributed by atoms with Gasteiger partial charge < -0.3 is 35.7 Å². The van der Waals surface area contributed by atoms with E-state index in [1.807, 2.05) is 0 Å². The highest BCUT2D eigenvalue weighted by atomic mass is 19.2. The van der Waals surface area contributed by atoms with E-state index in [1.54, 1.807) is 0 Å². The Hall–Kier alpha value is -4.03. The third-order valence-corrected chi connectivity index (χ3v) is 7.12. The summed E-state index contributed by atoms with van der Waals surface area (Å²) in [5.41, 5.74) is -0.298. The molecule has 47 heavy (non-hydrogen) atoms. The molecule has 0 saturated heterocycles. The van der Waals surface area contributed by atoms with Crippen LogP contribution in [-0.4, -0.2) is 95.6 Å². The molecule has 1 atom stereocenters. The van der Waals surface area contributed by atoms with Crippen molar-refractivity contribution in [2.75, 3.05) is 26.2 Å². The van der Waals surface area contributed by atoms with Crippen LogP contribution in [0.25, 0.3) is 0 Å². The van der Waals surface area contributed by atoms with Gasteiger partial charge in [-0.1, -0.05) is 25.0 Å². The van der Waals surface area contributed by atoms with E-state index >= 15 is 0 Å². The number of nitrogens with zero attached hydrogens (tertiary/aromatic N) is 1. The van der Waals surface area contributed by atoms with Crippen molar-refractivity contribution in [1.29, 1.82) is 0 Å². The minimum atomic E-state index is -2.25. The first-order chi connectivity index (χ1) is 22.3. The van der Waals surface area contributed by atoms with Crippen molar-refractivity contribution in [1.82, 2.24) is 21.0 Å². The van der Waals surface area contributed by atoms with Gasteiger partial charge in [-0.15, -0.1) is 0 Å². The summed E-state index contributed by atoms with van der Waals surface area (Å²) >= 11 is 0. The van der Waals surface area contributed by atoms with Gasteiger partial charge in [0.15, 0.2) is 23.3 Å². The Kier molecular flexibility index (Phi) is 16.3. The minimum Gasteiger partial charge on any atom is -0.480 e. The maximum atomic E-state index is 14.6. The number of rotatable bonds is 20. The zero-order valence-electron chi connectivity index (χ0n) is 25.3. The van der Waals surface area contributed by atoms with E-state index < -0.39 is 88.7 Å². The van der Waals surface area contributed by atoms with Gasteiger partial charge in [0.25, 0.3) is 11.8 Å². The highest BCUT2D eigenvalue weighted by Gasteiger charge is 2.26. The molecule has 3 amide bonds. The van der Waals surface area contributed by atoms with E-state index in [0.29, 0.717) is 46.0 Å². The number of benzene rings is 2. The van der Waals surface area contributed by atoms with Crippen LogP contribution in [0.1, 0.15) is 65.7 Å². The lowest BCUT2D eigenvalue weighted by Gasteiger charge is -2.23. The van der Waals surface area contributed by atoms with Crippen LogP contribution in [0.2, 0.25) is 0 Å². The molecule has 0 fully saturated rings. The summed E-state index contributed by atoms with van der Waals surface area (Å²) in [6, 6.07) is 2.83. The number of hydrogen-bond acceptors (Lipinski definition) is 9. The van der Waals surface area contributed by atoms with Crippen LogP contribution in [-0.2, 0) is 9.59 Å². The second-order valence-corrected chi connectivity index (χ2v) is 10.5. The molecule has 1 radical (unpaired) electrons. The van der Waals surface area contributed by atoms with E-state index in [1.165, 1.54) is 0 Å². The molecule has 0 aliphatic rings. The number of aliphatic carboxylic acids is 1. The summed E-state index contributed by atoms with van der Waals surface area (Å²) in [5, 5.41) is 41.1. The Morgan fingerprint density at radius 1 is 0.830 bits per heavy atom. The molecule has 0 saturated carbocycles. The number of carbonyl (C=O) groups excluding carboxylic acids is 3. The average molecular weight is 668 g/mol. The summed E-state index contributed by atoms with van der Waals surface area (Å²) in [4.78, 5) is 50.0. The number of hydrazine groups is 1. The predicted octanol–water partition coefficient (Wildman–Crippen LogP) is -1.20. The molecule has 0 unspecified atom stereocenters. The minimum absolute atomic E-state index is 0.0381. The van der Waals surface area contributed by atoms with Crippen LogP contribution >= 0.6 is 0 Å². The first-order valence-electron chi connectivity index (χ1n) is 14.7. The second-order valence-electron chi connectivity index (χ2n) is 10.5. The van der Waals surface area contributed by atoms with Crippen LogP contribution in [0.5, 0.6) is 0 Å². The number of nitrogens with one attached hydrogen (secondary N) is 3. The van der Waals surface area contributed by atoms with E-state index in [9.17, 15) is 36.7 Å². The van der Waals surface area contributed by atoms with Gasteiger partial charge in [0.05, 0.1) is 17.7 Å². The van der Waals surface area contributed by atoms with Gasteiger partial charge in [0.1, 0.15) is 6.04 Å². The standard InChI is InChI=1S/C28H36B2F4N5O8/c31-22-16(9-11-19(25(22)34)30(46)47)26(41)37-13-4-1-2-6-14-39(27(42)17-8-10-18(29-45)24(33)23(17)32)15-21(40)36-12-5-3-7-20(38-35)28(43)44/h8-11,20,38,45-47H,1-7,12-15,35H2,(H,36,40)(H,37,41)(H,43,44)/t20-/m0/s1. The van der Waals surface area contributed by atoms with Crippen LogP contribution < -0.4 is 32.8 Å². The number of unbranched alkanes of at least 4 members (excludes halogenated alkanes) is 4. The molecule has 0 aliphatic carbocycles. The normalized spacial score (nSPS) is 11.5. The van der Waals surface area contributed by atoms with Crippen LogP contribution in [0.4, 0.5) is 17.6 Å². The van der Waals surface area contributed by atoms with Crippen molar-refractivity contribution in [2.45, 2.75) is 51.0 Å². The smallest absolute Gasteiger partial charge is 0.480 e. The quantitative estimate of drug-likeness (QED) is 0.0277. The molecule has 0 heterocycles. The molecule has 2 aromatic rings. The summed E-state index contributed by atoms with van der Waals surface area (Å²) < 4.78 is 57.0. The molecule has 0 spiro atoms. The first kappa shape index (κ1) is 39.1. The van der Waals surface area contributed by atoms with Gasteiger partial charge in [-0.25, -0.2) is 23.0 Å². The predicted molar refractivity (Wildman–Crippen MR) is 162 cm³/mol. The van der Waals surface area contributed by atoms with E-state index in [-0.39, 0.29) is 26.1 Å². The fourth-order valence-electron chi connectivity index (χ4n) is 4.48. The zero-order chi connectivity index (χ0) is 35.1. The van der Waals surface area contributed by atoms with Gasteiger partial charge >= 0.3 is 20.6 Å². The largest absolute Gasteiger partial charge is 0.491 e. The number of carboxylic acids is 1. The topological polar surface area (TPSA) is 215 Å². The third kappa shape index (κ3) is 11.6. The van der Waals surface area contributed by atoms with Gasteiger partial charge in [-0.3, -0.25) is 25.0 Å². The van der Waals surface area contributed by atoms with Crippen molar-refractivity contribution in [3.8, 4) is 0 Å². The van der Waals surface area contributed by atoms with E-state index in [4.69, 9.17) is 26.0 Å². The Balaban J connectivity index is 1.92. The Labute approximate surface area is 268 Å². The molecule has 2 rings (SSSR count). The summed E-state index contributed by atoms with van der Waals surface area (Å²) in [5.74, 6) is -4.46. The monoisotopic (exact) mass is 668 g/mol. The molecule has 255 valence electrons. The fraction of sp³-hybridized carbons (Fsp3) is 0.429. The Morgan fingerprint density at radius 2 is 1.45 bits per heavy atom. The number of halogens is 4. The molecule has 0 aliphatic heterocycles. The Bertz CT molecular complexity index is 1410. The Morgan fingerprint density at radius 3 is 2.09 bits per heavy atom. The zero-order valence-corrected chi connectivity index (χ0v) is 25.3. The van der Waals surface area contributed by atoms with Crippen LogP contribution in [0.15, 0.2) is 24.3 Å². The van der Waals surface area contributed by atoms with Crippen molar-refractivity contribution in [2.24, 2.45) is 5.84 Å². The van der Waals surface area contributed by atoms with Crippen LogP contribution in [0.3, 0.4) is 0 Å². The molecule has 9 N–H and O–H groups in total. The summed E-state index contributed by atoms with van der Waals surface area (Å²) in [7, 11) is -1.91. The second kappa shape index (κ2) is 19.6. The van der Waals surface area contributed by atoms with E-state index in [2.05, 4.69) is 16.1 Å². The number of amides is 3. The van der Waals surface area contributed by atoms with Gasteiger partial charge in [-0.2, -0.15) is 0 Å². The maximum absolute atomic E-state index is 14.6. The molecule has 0 aromatic heterocycles. The number of nitrogens with two attached hydrogens (primary N) is 1. The lowest BCUT2D eigenvalue weighted by atomic mass is 9.79. The molecule has 19 heteroatoms. The molecular formula is C28H36B2F4N5O8. The SMILES string of the molecule is NN[C@@H](CCCCNC(=O)CN(CCCCCCNC(=O)c1ccc(B(O)O)c(F)c1F)C(=O)c1ccc([B]O)c(F)c1F)C(=O)O. The lowest BCUT2D eigenvalue weighted by molar-refractivity contribution is -0.139. The maximum Gasteiger partial charge on any atom is 0.491 e. The number of hydrogen-bond donors (Lipinski definition) is 8. The average Bonchev–Trinajstić information content (AvgIpc) is 3.03. The summed E-state index contributed by atoms with van der Waals surface area (Å²) in [6.45, 7) is -0.316. The van der Waals surface area contributed by atoms with Crippen molar-refractivity contribution in [3.63, 3.8) is 0 Å².